The van der Waals surface area contributed by atoms with Gasteiger partial charge in [-0.25, -0.2) is 0 Å². The van der Waals surface area contributed by atoms with Crippen LogP contribution in [0.5, 0.6) is 0 Å². The lowest BCUT2D eigenvalue weighted by atomic mass is 9.95. The summed E-state index contributed by atoms with van der Waals surface area (Å²) in [5.41, 5.74) is 0. The number of hydrogen-bond acceptors (Lipinski definition) is 35. The van der Waals surface area contributed by atoms with Crippen LogP contribution in [0.25, 0.3) is 0 Å². The van der Waals surface area contributed by atoms with Crippen LogP contribution in [0.1, 0.15) is 26.7 Å². The van der Waals surface area contributed by atoms with E-state index in [-0.39, 0.29) is 0 Å². The van der Waals surface area contributed by atoms with Gasteiger partial charge in [-0.3, -0.25) is 0 Å². The highest BCUT2D eigenvalue weighted by atomic mass is 16.8. The van der Waals surface area contributed by atoms with Crippen LogP contribution in [0.4, 0.5) is 0 Å². The molecule has 0 aliphatic carbocycles. The minimum Gasteiger partial charge on any atom is -0.394 e. The monoisotopic (exact) mass is 1190 g/mol. The molecule has 35 heteroatoms. The lowest BCUT2D eigenvalue weighted by molar-refractivity contribution is -0.396. The average molecular weight is 1190 g/mol. The molecule has 0 aromatic carbocycles. The minimum absolute atomic E-state index is 1.05. The Morgan fingerprint density at radius 1 is 0.185 bits per heavy atom. The molecule has 21 heterocycles. The van der Waals surface area contributed by atoms with Gasteiger partial charge < -0.3 is 174 Å². The number of ether oxygens (including phenoxy) is 14. The Morgan fingerprint density at radius 2 is 0.296 bits per heavy atom. The lowest BCUT2D eigenvalue weighted by Crippen LogP contribution is -2.68. The van der Waals surface area contributed by atoms with Crippen LogP contribution < -0.4 is 0 Å². The van der Waals surface area contributed by atoms with E-state index in [0.717, 1.165) is 0 Å². The predicted octanol–water partition coefficient (Wildman–Crippen LogP) is -13.4. The largest absolute Gasteiger partial charge is 0.394 e. The zero-order valence-corrected chi connectivity index (χ0v) is 43.7. The Hall–Kier alpha value is -1.40. The van der Waals surface area contributed by atoms with Gasteiger partial charge >= 0.3 is 0 Å². The highest BCUT2D eigenvalue weighted by molar-refractivity contribution is 5.01. The second-order valence-corrected chi connectivity index (χ2v) is 20.7. The van der Waals surface area contributed by atoms with Crippen LogP contribution in [-0.4, -0.2) is 368 Å². The molecule has 14 bridgehead atoms. The first kappa shape index (κ1) is 67.1. The summed E-state index contributed by atoms with van der Waals surface area (Å²) >= 11 is 0. The first-order chi connectivity index (χ1) is 38.6. The van der Waals surface area contributed by atoms with E-state index >= 15 is 0 Å². The van der Waals surface area contributed by atoms with Gasteiger partial charge in [0.1, 0.15) is 171 Å². The third kappa shape index (κ3) is 14.0. The number of unbranched alkanes of at least 4 members (excludes halogenated alkanes) is 1. The van der Waals surface area contributed by atoms with Gasteiger partial charge in [-0.2, -0.15) is 0 Å². The molecule has 21 N–H and O–H groups in total. The Kier molecular flexibility index (Phi) is 24.5. The van der Waals surface area contributed by atoms with E-state index in [2.05, 4.69) is 13.8 Å². The smallest absolute Gasteiger partial charge is 0.187 e. The fourth-order valence-electron chi connectivity index (χ4n) is 10.4. The Bertz CT molecular complexity index is 1500. The fraction of sp³-hybridized carbons (Fsp3) is 1.00. The van der Waals surface area contributed by atoms with Crippen LogP contribution in [0.3, 0.4) is 0 Å². The molecule has 21 aliphatic rings. The second-order valence-electron chi connectivity index (χ2n) is 20.7. The van der Waals surface area contributed by atoms with Crippen molar-refractivity contribution in [2.45, 2.75) is 242 Å². The van der Waals surface area contributed by atoms with E-state index in [0.29, 0.717) is 0 Å². The molecule has 21 saturated heterocycles. The van der Waals surface area contributed by atoms with E-state index < -0.39 is 261 Å². The number of aliphatic hydroxyl groups excluding tert-OH is 21. The molecule has 35 atom stereocenters. The highest BCUT2D eigenvalue weighted by Gasteiger charge is 2.59. The molecule has 0 radical (unpaired) electrons. The Morgan fingerprint density at radius 3 is 0.383 bits per heavy atom. The summed E-state index contributed by atoms with van der Waals surface area (Å²) in [5, 5.41) is 230. The maximum Gasteiger partial charge on any atom is 0.187 e. The third-order valence-electron chi connectivity index (χ3n) is 15.3. The van der Waals surface area contributed by atoms with Gasteiger partial charge in [0.15, 0.2) is 44.0 Å². The molecule has 21 fully saturated rings. The Balaban J connectivity index is 0.00000229. The normalized spacial score (nSPS) is 53.0. The molecule has 0 aromatic rings. The second kappa shape index (κ2) is 29.5. The minimum atomic E-state index is -2.21. The van der Waals surface area contributed by atoms with Gasteiger partial charge in [0.05, 0.1) is 46.2 Å². The molecule has 21 aliphatic heterocycles. The van der Waals surface area contributed by atoms with Crippen LogP contribution in [0.2, 0.25) is 0 Å². The molecule has 35 nitrogen and oxygen atoms in total. The molecule has 0 aromatic heterocycles. The van der Waals surface area contributed by atoms with Crippen LogP contribution in [-0.2, 0) is 66.3 Å². The van der Waals surface area contributed by atoms with E-state index in [4.69, 9.17) is 66.3 Å². The quantitative estimate of drug-likeness (QED) is 0.107. The van der Waals surface area contributed by atoms with Crippen LogP contribution in [0.15, 0.2) is 0 Å². The Labute approximate surface area is 460 Å². The van der Waals surface area contributed by atoms with Crippen molar-refractivity contribution in [2.24, 2.45) is 0 Å². The first-order valence-corrected chi connectivity index (χ1v) is 26.5. The van der Waals surface area contributed by atoms with Crippen molar-refractivity contribution >= 4 is 0 Å². The molecule has 21 rings (SSSR count). The van der Waals surface area contributed by atoms with Gasteiger partial charge in [-0.15, -0.1) is 0 Å². The van der Waals surface area contributed by atoms with Crippen LogP contribution in [0, 0.1) is 0 Å². The molecule has 0 amide bonds. The summed E-state index contributed by atoms with van der Waals surface area (Å²) < 4.78 is 79.5. The van der Waals surface area contributed by atoms with E-state index in [1.807, 2.05) is 0 Å². The number of hydrogen-bond donors (Lipinski definition) is 21. The maximum absolute atomic E-state index is 11.3. The van der Waals surface area contributed by atoms with Gasteiger partial charge in [-0.1, -0.05) is 26.7 Å². The molecule has 0 saturated carbocycles. The number of rotatable bonds is 8. The van der Waals surface area contributed by atoms with Crippen molar-refractivity contribution in [3.63, 3.8) is 0 Å². The zero-order valence-electron chi connectivity index (χ0n) is 43.7. The standard InChI is InChI=1S/C42H70O35.C4H10/c43-1-8-29-15(50)22(57)36(64-8)72-30-9(2-44)66-38(24(59)17(30)52)74-32-11(4-46)68-40(26(61)19(32)54)76-34-13(6-48)70-42(28(63)21(34)56)77-35-14(7-49)69-41(27(62)20(35)55)75-33-12(5-47)67-39(25(60)18(33)53)73-31-10(3-45)65-37(71-29)23(58)16(31)51;1-3-4-2/h8-63H,1-7H2;3-4H2,1-2H3. The summed E-state index contributed by atoms with van der Waals surface area (Å²) in [6.45, 7) is -2.97. The summed E-state index contributed by atoms with van der Waals surface area (Å²) in [7, 11) is 0. The van der Waals surface area contributed by atoms with Crippen molar-refractivity contribution in [3.8, 4) is 0 Å². The average Bonchev–Trinajstić information content (AvgIpc) is 3.65. The lowest BCUT2D eigenvalue weighted by Gasteiger charge is -2.50. The van der Waals surface area contributed by atoms with Crippen LogP contribution >= 0.6 is 0 Å². The molecular weight excluding hydrogens is 1110 g/mol. The van der Waals surface area contributed by atoms with Gasteiger partial charge in [-0.05, 0) is 0 Å². The molecule has 474 valence electrons. The van der Waals surface area contributed by atoms with Crippen molar-refractivity contribution in [1.29, 1.82) is 0 Å². The van der Waals surface area contributed by atoms with Gasteiger partial charge in [0, 0.05) is 0 Å². The topological polar surface area (TPSA) is 554 Å². The van der Waals surface area contributed by atoms with Crippen molar-refractivity contribution in [2.75, 3.05) is 46.2 Å². The van der Waals surface area contributed by atoms with Crippen molar-refractivity contribution in [1.82, 2.24) is 0 Å². The molecular formula is C46H80O35. The summed E-state index contributed by atoms with van der Waals surface area (Å²) in [5.74, 6) is 0. The summed E-state index contributed by atoms with van der Waals surface area (Å²) in [6, 6.07) is 0. The maximum atomic E-state index is 11.3. The summed E-state index contributed by atoms with van der Waals surface area (Å²) in [6.07, 6.45) is -67.6. The van der Waals surface area contributed by atoms with Crippen molar-refractivity contribution in [3.05, 3.63) is 0 Å². The SMILES string of the molecule is CCCC.OCC1OC2OC3C(CO)OC(OC4C(CO)OC(OC5C(CO)OC(OC6C(CO)OC(OC7C(CO)OC(OC8C(CO)OC(OC1C(O)C2O)C(O)C8O)C(O)C7O)C(O)C6O)C(O)C5O)C(O)C4O)C(O)C3O. The third-order valence-corrected chi connectivity index (χ3v) is 15.3. The van der Waals surface area contributed by atoms with E-state index in [9.17, 15) is 107 Å². The highest BCUT2D eigenvalue weighted by Crippen LogP contribution is 2.39. The fourth-order valence-corrected chi connectivity index (χ4v) is 10.4. The molecule has 35 unspecified atom stereocenters. The van der Waals surface area contributed by atoms with Crippen molar-refractivity contribution < 1.29 is 174 Å². The van der Waals surface area contributed by atoms with Gasteiger partial charge in [0.2, 0.25) is 0 Å². The van der Waals surface area contributed by atoms with Gasteiger partial charge in [0.25, 0.3) is 0 Å². The summed E-state index contributed by atoms with van der Waals surface area (Å²) in [4.78, 5) is 0. The predicted molar refractivity (Wildman–Crippen MR) is 249 cm³/mol. The molecule has 0 spiro atoms. The first-order valence-electron chi connectivity index (χ1n) is 26.5. The van der Waals surface area contributed by atoms with E-state index in [1.165, 1.54) is 12.8 Å². The van der Waals surface area contributed by atoms with E-state index in [1.54, 1.807) is 0 Å². The molecule has 81 heavy (non-hydrogen) atoms. The zero-order chi connectivity index (χ0) is 59.5. The number of aliphatic hydroxyl groups is 21.